The molecule has 0 radical (unpaired) electrons. The first-order valence-corrected chi connectivity index (χ1v) is 10.9. The van der Waals surface area contributed by atoms with Gasteiger partial charge in [0.25, 0.3) is 0 Å². The maximum atomic E-state index is 2.35. The van der Waals surface area contributed by atoms with Gasteiger partial charge in [-0.2, -0.15) is 0 Å². The van der Waals surface area contributed by atoms with Crippen LogP contribution in [0.2, 0.25) is 0 Å². The van der Waals surface area contributed by atoms with Crippen molar-refractivity contribution in [3.8, 4) is 0 Å². The summed E-state index contributed by atoms with van der Waals surface area (Å²) in [4.78, 5) is 0. The van der Waals surface area contributed by atoms with E-state index in [9.17, 15) is 0 Å². The molecular weight excluding hydrogens is 280 g/mol. The molecule has 0 aromatic carbocycles. The minimum Gasteiger partial charge on any atom is -0.324 e. The first-order valence-electron chi connectivity index (χ1n) is 10.9. The second-order valence-electron chi connectivity index (χ2n) is 8.65. The molecule has 0 bridgehead atoms. The second kappa shape index (κ2) is 10.0. The van der Waals surface area contributed by atoms with Crippen molar-refractivity contribution in [2.45, 2.75) is 84.5 Å². The van der Waals surface area contributed by atoms with E-state index in [-0.39, 0.29) is 0 Å². The molecule has 2 aliphatic rings. The Morgan fingerprint density at radius 1 is 0.478 bits per heavy atom. The van der Waals surface area contributed by atoms with Crippen LogP contribution >= 0.6 is 0 Å². The molecule has 0 saturated carbocycles. The lowest BCUT2D eigenvalue weighted by Gasteiger charge is -2.36. The van der Waals surface area contributed by atoms with E-state index in [0.29, 0.717) is 0 Å². The number of likely N-dealkylation sites (tertiary alicyclic amines) is 2. The maximum absolute atomic E-state index is 2.35. The highest BCUT2D eigenvalue weighted by Crippen LogP contribution is 2.24. The Hall–Kier alpha value is -0.0800. The van der Waals surface area contributed by atoms with Gasteiger partial charge in [0.1, 0.15) is 0 Å². The lowest BCUT2D eigenvalue weighted by atomic mass is 10.1. The fourth-order valence-corrected chi connectivity index (χ4v) is 5.19. The van der Waals surface area contributed by atoms with Crippen LogP contribution in [0.1, 0.15) is 84.5 Å². The molecule has 2 aliphatic heterocycles. The van der Waals surface area contributed by atoms with E-state index in [4.69, 9.17) is 0 Å². The van der Waals surface area contributed by atoms with Crippen molar-refractivity contribution in [1.29, 1.82) is 0 Å². The summed E-state index contributed by atoms with van der Waals surface area (Å²) in [7, 11) is 0. The summed E-state index contributed by atoms with van der Waals surface area (Å²) in [5, 5.41) is 0. The Balaban J connectivity index is 1.65. The first-order chi connectivity index (χ1) is 11.2. The Kier molecular flexibility index (Phi) is 8.40. The van der Waals surface area contributed by atoms with E-state index >= 15 is 0 Å². The van der Waals surface area contributed by atoms with Crippen LogP contribution in [-0.2, 0) is 0 Å². The highest BCUT2D eigenvalue weighted by Gasteiger charge is 2.32. The fourth-order valence-electron chi connectivity index (χ4n) is 5.19. The van der Waals surface area contributed by atoms with Crippen LogP contribution in [0.15, 0.2) is 0 Å². The third kappa shape index (κ3) is 6.05. The maximum Gasteiger partial charge on any atom is 0.0788 e. The average Bonchev–Trinajstić information content (AvgIpc) is 3.22. The lowest BCUT2D eigenvalue weighted by Crippen LogP contribution is -2.47. The lowest BCUT2D eigenvalue weighted by molar-refractivity contribution is -0.919. The van der Waals surface area contributed by atoms with E-state index in [0.717, 1.165) is 0 Å². The third-order valence-electron chi connectivity index (χ3n) is 6.77. The van der Waals surface area contributed by atoms with Gasteiger partial charge in [-0.3, -0.25) is 0 Å². The second-order valence-corrected chi connectivity index (χ2v) is 8.65. The van der Waals surface area contributed by atoms with Crippen molar-refractivity contribution in [3.63, 3.8) is 0 Å². The zero-order valence-corrected chi connectivity index (χ0v) is 16.3. The van der Waals surface area contributed by atoms with Gasteiger partial charge < -0.3 is 8.97 Å². The molecule has 0 N–H and O–H groups in total. The molecule has 2 fully saturated rings. The molecule has 0 amide bonds. The molecule has 2 heterocycles. The summed E-state index contributed by atoms with van der Waals surface area (Å²) in [5.74, 6) is 0. The van der Waals surface area contributed by atoms with E-state index in [1.807, 2.05) is 0 Å². The molecule has 2 nitrogen and oxygen atoms in total. The molecule has 2 saturated heterocycles. The van der Waals surface area contributed by atoms with E-state index in [1.54, 1.807) is 0 Å². The number of hydrogen-bond acceptors (Lipinski definition) is 0. The fraction of sp³-hybridized carbons (Fsp3) is 1.00. The monoisotopic (exact) mass is 324 g/mol. The summed E-state index contributed by atoms with van der Waals surface area (Å²) in [5.41, 5.74) is 0. The number of nitrogens with zero attached hydrogens (tertiary/aromatic N) is 2. The van der Waals surface area contributed by atoms with Gasteiger partial charge in [0.2, 0.25) is 0 Å². The zero-order chi connectivity index (χ0) is 16.4. The molecule has 0 aliphatic carbocycles. The summed E-state index contributed by atoms with van der Waals surface area (Å²) in [6.45, 7) is 16.5. The molecule has 136 valence electrons. The van der Waals surface area contributed by atoms with Crippen molar-refractivity contribution in [2.24, 2.45) is 0 Å². The standard InChI is InChI=1S/C21H44N2/c1-3-5-14-22(18-10-11-19-22)16-8-7-9-17-23(15-6-4-2)20-12-13-21-23/h3-21H2,1-2H3/q+2. The van der Waals surface area contributed by atoms with E-state index in [1.165, 1.54) is 132 Å². The van der Waals surface area contributed by atoms with E-state index < -0.39 is 0 Å². The van der Waals surface area contributed by atoms with Crippen molar-refractivity contribution in [2.75, 3.05) is 52.4 Å². The normalized spacial score (nSPS) is 22.7. The van der Waals surface area contributed by atoms with Gasteiger partial charge in [0.05, 0.1) is 52.4 Å². The number of hydrogen-bond donors (Lipinski definition) is 0. The van der Waals surface area contributed by atoms with Gasteiger partial charge in [-0.25, -0.2) is 0 Å². The summed E-state index contributed by atoms with van der Waals surface area (Å²) >= 11 is 0. The topological polar surface area (TPSA) is 0 Å². The molecule has 0 spiro atoms. The van der Waals surface area contributed by atoms with Crippen LogP contribution in [0.4, 0.5) is 0 Å². The van der Waals surface area contributed by atoms with Crippen molar-refractivity contribution < 1.29 is 8.97 Å². The number of rotatable bonds is 12. The molecule has 2 rings (SSSR count). The van der Waals surface area contributed by atoms with Gasteiger partial charge in [-0.15, -0.1) is 0 Å². The van der Waals surface area contributed by atoms with Crippen molar-refractivity contribution >= 4 is 0 Å². The quantitative estimate of drug-likeness (QED) is 0.351. The molecule has 23 heavy (non-hydrogen) atoms. The van der Waals surface area contributed by atoms with Gasteiger partial charge in [-0.1, -0.05) is 26.7 Å². The highest BCUT2D eigenvalue weighted by atomic mass is 15.4. The van der Waals surface area contributed by atoms with Crippen LogP contribution in [0, 0.1) is 0 Å². The Morgan fingerprint density at radius 3 is 1.17 bits per heavy atom. The van der Waals surface area contributed by atoms with Gasteiger partial charge in [0, 0.05) is 25.7 Å². The molecule has 0 aromatic heterocycles. The largest absolute Gasteiger partial charge is 0.324 e. The number of unbranched alkanes of at least 4 members (excludes halogenated alkanes) is 4. The predicted molar refractivity (Wildman–Crippen MR) is 102 cm³/mol. The first kappa shape index (κ1) is 19.2. The molecule has 2 heteroatoms. The van der Waals surface area contributed by atoms with Gasteiger partial charge >= 0.3 is 0 Å². The third-order valence-corrected chi connectivity index (χ3v) is 6.77. The zero-order valence-electron chi connectivity index (χ0n) is 16.3. The average molecular weight is 325 g/mol. The Bertz CT molecular complexity index is 271. The van der Waals surface area contributed by atoms with Crippen LogP contribution in [-0.4, -0.2) is 61.3 Å². The highest BCUT2D eigenvalue weighted by molar-refractivity contribution is 4.58. The van der Waals surface area contributed by atoms with E-state index in [2.05, 4.69) is 13.8 Å². The van der Waals surface area contributed by atoms with Crippen LogP contribution < -0.4 is 0 Å². The van der Waals surface area contributed by atoms with Crippen LogP contribution in [0.5, 0.6) is 0 Å². The minimum atomic E-state index is 1.37. The molecule has 0 unspecified atom stereocenters. The van der Waals surface area contributed by atoms with Crippen LogP contribution in [0.25, 0.3) is 0 Å². The molecule has 0 atom stereocenters. The predicted octanol–water partition coefficient (Wildman–Crippen LogP) is 4.98. The van der Waals surface area contributed by atoms with Crippen molar-refractivity contribution in [3.05, 3.63) is 0 Å². The summed E-state index contributed by atoms with van der Waals surface area (Å²) in [6, 6.07) is 0. The molecule has 0 aromatic rings. The SMILES string of the molecule is CCCC[N+]1(CCCCC[N+]2(CCCC)CCCC2)CCCC1. The Morgan fingerprint density at radius 2 is 0.826 bits per heavy atom. The Labute approximate surface area is 146 Å². The van der Waals surface area contributed by atoms with Crippen LogP contribution in [0.3, 0.4) is 0 Å². The van der Waals surface area contributed by atoms with Gasteiger partial charge in [0.15, 0.2) is 0 Å². The van der Waals surface area contributed by atoms with Crippen molar-refractivity contribution in [1.82, 2.24) is 0 Å². The smallest absolute Gasteiger partial charge is 0.0788 e. The number of quaternary nitrogens is 2. The molecular formula is C21H44N2+2. The minimum absolute atomic E-state index is 1.37. The summed E-state index contributed by atoms with van der Waals surface area (Å²) in [6.07, 6.45) is 16.0. The van der Waals surface area contributed by atoms with Gasteiger partial charge in [-0.05, 0) is 32.1 Å². The summed E-state index contributed by atoms with van der Waals surface area (Å²) < 4.78 is 2.95.